The van der Waals surface area contributed by atoms with Crippen molar-refractivity contribution in [3.05, 3.63) is 77.1 Å². The molecule has 0 fully saturated rings. The van der Waals surface area contributed by atoms with Gasteiger partial charge in [0.15, 0.2) is 11.5 Å². The van der Waals surface area contributed by atoms with Crippen LogP contribution in [0.1, 0.15) is 25.0 Å². The van der Waals surface area contributed by atoms with Gasteiger partial charge in [-0.3, -0.25) is 9.78 Å². The first kappa shape index (κ1) is 23.1. The second-order valence-corrected chi connectivity index (χ2v) is 6.81. The van der Waals surface area contributed by atoms with Gasteiger partial charge in [-0.2, -0.15) is 0 Å². The maximum Gasteiger partial charge on any atom is 0.187 e. The van der Waals surface area contributed by atoms with Gasteiger partial charge >= 0.3 is 0 Å². The SMILES string of the molecule is CC(=O)/C=C(/C)O.[C-]#[N+]c1ccc2c(c1)c1cccnc1n2-c1[n-]cc(C)c1C.[Ir]. The smallest absolute Gasteiger partial charge is 0.187 e. The molecule has 30 heavy (non-hydrogen) atoms. The van der Waals surface area contributed by atoms with Crippen LogP contribution in [0, 0.1) is 20.4 Å². The summed E-state index contributed by atoms with van der Waals surface area (Å²) >= 11 is 0. The van der Waals surface area contributed by atoms with Crippen molar-refractivity contribution in [2.75, 3.05) is 0 Å². The second kappa shape index (κ2) is 9.53. The van der Waals surface area contributed by atoms with Crippen LogP contribution < -0.4 is 4.98 Å². The van der Waals surface area contributed by atoms with Crippen molar-refractivity contribution in [2.24, 2.45) is 0 Å². The number of hydrogen-bond donors (Lipinski definition) is 1. The number of carbonyl (C=O) groups excluding carboxylic acids is 1. The summed E-state index contributed by atoms with van der Waals surface area (Å²) in [4.78, 5) is 22.7. The predicted octanol–water partition coefficient (Wildman–Crippen LogP) is 5.34. The molecule has 0 saturated heterocycles. The fourth-order valence-corrected chi connectivity index (χ4v) is 3.17. The molecule has 7 heteroatoms. The van der Waals surface area contributed by atoms with Gasteiger partial charge in [-0.1, -0.05) is 30.0 Å². The first-order valence-corrected chi connectivity index (χ1v) is 9.07. The molecule has 4 aromatic rings. The zero-order valence-electron chi connectivity index (χ0n) is 17.1. The van der Waals surface area contributed by atoms with E-state index in [-0.39, 0.29) is 31.6 Å². The van der Waals surface area contributed by atoms with Crippen LogP contribution in [0.4, 0.5) is 5.69 Å². The molecule has 1 N–H and O–H groups in total. The molecule has 155 valence electrons. The topological polar surface area (TPSA) is 73.6 Å². The summed E-state index contributed by atoms with van der Waals surface area (Å²) in [7, 11) is 0. The molecular weight excluding hydrogens is 556 g/mol. The summed E-state index contributed by atoms with van der Waals surface area (Å²) in [6.07, 6.45) is 4.84. The van der Waals surface area contributed by atoms with Crippen LogP contribution >= 0.6 is 0 Å². The largest absolute Gasteiger partial charge is 0.512 e. The van der Waals surface area contributed by atoms with Gasteiger partial charge in [0, 0.05) is 37.8 Å². The van der Waals surface area contributed by atoms with Crippen LogP contribution in [0.2, 0.25) is 0 Å². The predicted molar refractivity (Wildman–Crippen MR) is 115 cm³/mol. The zero-order chi connectivity index (χ0) is 21.1. The van der Waals surface area contributed by atoms with Crippen molar-refractivity contribution in [3.63, 3.8) is 0 Å². The normalized spacial score (nSPS) is 10.8. The molecule has 0 saturated carbocycles. The third-order valence-corrected chi connectivity index (χ3v) is 4.57. The van der Waals surface area contributed by atoms with Crippen LogP contribution in [-0.2, 0) is 24.9 Å². The number of benzene rings is 1. The molecule has 0 unspecified atom stereocenters. The van der Waals surface area contributed by atoms with E-state index in [0.717, 1.165) is 33.3 Å². The van der Waals surface area contributed by atoms with Crippen molar-refractivity contribution in [1.82, 2.24) is 14.5 Å². The van der Waals surface area contributed by atoms with E-state index in [1.54, 1.807) is 6.20 Å². The molecule has 0 spiro atoms. The Balaban J connectivity index is 0.000000350. The number of rotatable bonds is 2. The minimum Gasteiger partial charge on any atom is -0.512 e. The Bertz CT molecular complexity index is 1290. The third-order valence-electron chi connectivity index (χ3n) is 4.57. The number of hydrogen-bond acceptors (Lipinski definition) is 3. The molecule has 0 aliphatic rings. The van der Waals surface area contributed by atoms with E-state index in [4.69, 9.17) is 11.7 Å². The van der Waals surface area contributed by atoms with Crippen LogP contribution in [-0.4, -0.2) is 20.4 Å². The standard InChI is InChI=1S/C18H13N4.C5H8O2.Ir/c1-11-10-21-17(12(11)2)22-16-7-6-13(19-3)9-15(16)14-5-4-8-20-18(14)22;1-4(6)3-5(2)7;/h4-10H,1-2H3;3,6H,1-2H3;/q-1;;/b;4-3-;. The zero-order valence-corrected chi connectivity index (χ0v) is 19.5. The van der Waals surface area contributed by atoms with Gasteiger partial charge in [0.25, 0.3) is 0 Å². The fourth-order valence-electron chi connectivity index (χ4n) is 3.17. The Morgan fingerprint density at radius 3 is 2.50 bits per heavy atom. The minimum atomic E-state index is -0.125. The molecule has 0 atom stereocenters. The molecule has 4 rings (SSSR count). The van der Waals surface area contributed by atoms with Crippen LogP contribution in [0.5, 0.6) is 0 Å². The quantitative estimate of drug-likeness (QED) is 0.198. The molecule has 1 aromatic carbocycles. The van der Waals surface area contributed by atoms with E-state index in [1.165, 1.54) is 25.5 Å². The van der Waals surface area contributed by atoms with E-state index < -0.39 is 0 Å². The molecule has 1 radical (unpaired) electrons. The van der Waals surface area contributed by atoms with Gasteiger partial charge < -0.3 is 14.7 Å². The van der Waals surface area contributed by atoms with Crippen molar-refractivity contribution in [1.29, 1.82) is 0 Å². The fraction of sp³-hybridized carbons (Fsp3) is 0.174. The number of aromatic nitrogens is 3. The molecule has 0 aliphatic heterocycles. The van der Waals surface area contributed by atoms with Crippen molar-refractivity contribution >= 4 is 33.4 Å². The number of ketones is 1. The summed E-state index contributed by atoms with van der Waals surface area (Å²) in [6, 6.07) is 9.71. The number of nitrogens with zero attached hydrogens (tertiary/aromatic N) is 4. The summed E-state index contributed by atoms with van der Waals surface area (Å²) in [5.41, 5.74) is 4.86. The van der Waals surface area contributed by atoms with Gasteiger partial charge in [0.1, 0.15) is 0 Å². The van der Waals surface area contributed by atoms with E-state index >= 15 is 0 Å². The monoisotopic (exact) mass is 578 g/mol. The first-order valence-electron chi connectivity index (χ1n) is 9.07. The summed E-state index contributed by atoms with van der Waals surface area (Å²) in [5, 5.41) is 10.4. The Morgan fingerprint density at radius 1 is 1.23 bits per heavy atom. The number of fused-ring (bicyclic) bond motifs is 3. The number of aliphatic hydroxyl groups is 1. The van der Waals surface area contributed by atoms with Gasteiger partial charge in [0.05, 0.1) is 18.0 Å². The molecule has 6 nitrogen and oxygen atoms in total. The first-order chi connectivity index (χ1) is 13.8. The van der Waals surface area contributed by atoms with Gasteiger partial charge in [-0.05, 0) is 62.1 Å². The van der Waals surface area contributed by atoms with Crippen LogP contribution in [0.15, 0.2) is 54.6 Å². The Morgan fingerprint density at radius 2 is 1.97 bits per heavy atom. The second-order valence-electron chi connectivity index (χ2n) is 6.81. The molecular formula is C23H21IrN4O2-. The molecule has 0 amide bonds. The van der Waals surface area contributed by atoms with Crippen LogP contribution in [0.3, 0.4) is 0 Å². The third kappa shape index (κ3) is 4.51. The van der Waals surface area contributed by atoms with E-state index in [1.807, 2.05) is 36.5 Å². The van der Waals surface area contributed by atoms with Gasteiger partial charge in [-0.15, -0.1) is 0 Å². The average molecular weight is 578 g/mol. The summed E-state index contributed by atoms with van der Waals surface area (Å²) < 4.78 is 2.08. The molecule has 0 bridgehead atoms. The maximum absolute atomic E-state index is 10.0. The maximum atomic E-state index is 10.0. The Hall–Kier alpha value is -3.20. The molecule has 0 aliphatic carbocycles. The average Bonchev–Trinajstić information content (AvgIpc) is 3.18. The van der Waals surface area contributed by atoms with Gasteiger partial charge in [-0.25, -0.2) is 4.85 Å². The minimum absolute atomic E-state index is 0. The molecule has 3 heterocycles. The van der Waals surface area contributed by atoms with Crippen LogP contribution in [0.25, 0.3) is 32.6 Å². The Labute approximate surface area is 188 Å². The Kier molecular flexibility index (Phi) is 7.33. The van der Waals surface area contributed by atoms with E-state index in [9.17, 15) is 4.79 Å². The number of aliphatic hydroxyl groups excluding tert-OH is 1. The number of aryl methyl sites for hydroxylation is 1. The van der Waals surface area contributed by atoms with Crippen molar-refractivity contribution < 1.29 is 30.0 Å². The van der Waals surface area contributed by atoms with Crippen molar-refractivity contribution in [2.45, 2.75) is 27.7 Å². The van der Waals surface area contributed by atoms with E-state index in [2.05, 4.69) is 33.2 Å². The van der Waals surface area contributed by atoms with Gasteiger partial charge in [0.2, 0.25) is 0 Å². The van der Waals surface area contributed by atoms with Crippen molar-refractivity contribution in [3.8, 4) is 5.82 Å². The van der Waals surface area contributed by atoms with E-state index in [0.29, 0.717) is 5.69 Å². The number of carbonyl (C=O) groups is 1. The molecule has 3 aromatic heterocycles. The summed E-state index contributed by atoms with van der Waals surface area (Å²) in [5.74, 6) is 0.847. The number of allylic oxidation sites excluding steroid dienone is 2. The number of pyridine rings is 1. The summed E-state index contributed by atoms with van der Waals surface area (Å²) in [6.45, 7) is 14.2.